The van der Waals surface area contributed by atoms with E-state index in [-0.39, 0.29) is 29.6 Å². The van der Waals surface area contributed by atoms with Crippen LogP contribution in [0.1, 0.15) is 45.2 Å². The zero-order chi connectivity index (χ0) is 24.6. The normalized spacial score (nSPS) is 12.9. The highest BCUT2D eigenvalue weighted by Gasteiger charge is 2.25. The predicted molar refractivity (Wildman–Crippen MR) is 135 cm³/mol. The number of carbonyl (C=O) groups excluding carboxylic acids is 3. The monoisotopic (exact) mass is 479 g/mol. The summed E-state index contributed by atoms with van der Waals surface area (Å²) in [5.41, 5.74) is 7.37. The first kappa shape index (κ1) is 23.4. The number of rotatable bonds is 8. The second-order valence-electron chi connectivity index (χ2n) is 8.54. The molecule has 3 amide bonds. The molecule has 1 aromatic carbocycles. The number of primary amides is 1. The van der Waals surface area contributed by atoms with Gasteiger partial charge in [-0.25, -0.2) is 0 Å². The number of aromatic amines is 1. The number of fused-ring (bicyclic) bond motifs is 1. The zero-order valence-electron chi connectivity index (χ0n) is 19.3. The summed E-state index contributed by atoms with van der Waals surface area (Å²) < 4.78 is 5.35. The highest BCUT2D eigenvalue weighted by Crippen LogP contribution is 2.31. The van der Waals surface area contributed by atoms with Crippen molar-refractivity contribution in [1.82, 2.24) is 4.98 Å². The van der Waals surface area contributed by atoms with Crippen LogP contribution in [0.3, 0.4) is 0 Å². The molecule has 0 saturated heterocycles. The molecule has 176 valence electrons. The smallest absolute Gasteiger partial charge is 0.266 e. The van der Waals surface area contributed by atoms with Crippen LogP contribution < -0.4 is 16.0 Å². The molecule has 4 N–H and O–H groups in total. The van der Waals surface area contributed by atoms with Crippen molar-refractivity contribution in [1.29, 1.82) is 0 Å². The van der Waals surface area contributed by atoms with E-state index in [4.69, 9.17) is 10.5 Å². The lowest BCUT2D eigenvalue weighted by molar-refractivity contribution is -0.123. The fourth-order valence-corrected chi connectivity index (χ4v) is 4.39. The Morgan fingerprint density at radius 2 is 1.97 bits per heavy atom. The average molecular weight is 480 g/mol. The maximum absolute atomic E-state index is 12.8. The van der Waals surface area contributed by atoms with Crippen LogP contribution in [0.4, 0.5) is 11.5 Å². The Morgan fingerprint density at radius 3 is 2.59 bits per heavy atom. The molecule has 0 atom stereocenters. The fourth-order valence-electron chi connectivity index (χ4n) is 3.51. The molecule has 4 rings (SSSR count). The first-order valence-electron chi connectivity index (χ1n) is 10.5. The molecule has 0 radical (unpaired) electrons. The third-order valence-electron chi connectivity index (χ3n) is 5.70. The van der Waals surface area contributed by atoms with Gasteiger partial charge in [0.05, 0.1) is 22.5 Å². The Hall–Kier alpha value is -3.76. The Bertz CT molecular complexity index is 1360. The van der Waals surface area contributed by atoms with Crippen LogP contribution in [0.5, 0.6) is 0 Å². The number of aliphatic imine (C=N–C) groups is 1. The highest BCUT2D eigenvalue weighted by molar-refractivity contribution is 7.15. The zero-order valence-corrected chi connectivity index (χ0v) is 20.1. The van der Waals surface area contributed by atoms with Gasteiger partial charge in [-0.2, -0.15) is 0 Å². The molecule has 2 aromatic heterocycles. The molecule has 1 aliphatic rings. The van der Waals surface area contributed by atoms with Gasteiger partial charge in [0, 0.05) is 53.6 Å². The van der Waals surface area contributed by atoms with Crippen LogP contribution in [-0.2, 0) is 9.53 Å². The summed E-state index contributed by atoms with van der Waals surface area (Å²) in [4.78, 5) is 47.7. The van der Waals surface area contributed by atoms with E-state index in [1.54, 1.807) is 50.8 Å². The molecule has 0 fully saturated rings. The number of anilines is 2. The highest BCUT2D eigenvalue weighted by atomic mass is 32.1. The van der Waals surface area contributed by atoms with E-state index in [1.165, 1.54) is 16.2 Å². The molecule has 1 aliphatic heterocycles. The Kier molecular flexibility index (Phi) is 6.11. The molecule has 3 heterocycles. The van der Waals surface area contributed by atoms with E-state index in [1.807, 2.05) is 19.9 Å². The van der Waals surface area contributed by atoms with Gasteiger partial charge in [0.2, 0.25) is 5.91 Å². The van der Waals surface area contributed by atoms with E-state index in [9.17, 15) is 14.4 Å². The Labute approximate surface area is 200 Å². The van der Waals surface area contributed by atoms with Crippen molar-refractivity contribution in [2.45, 2.75) is 25.9 Å². The summed E-state index contributed by atoms with van der Waals surface area (Å²) >= 11 is 1.33. The molecule has 3 aromatic rings. The number of nitrogens with two attached hydrogens (primary N) is 1. The van der Waals surface area contributed by atoms with Crippen molar-refractivity contribution in [3.8, 4) is 0 Å². The molecule has 0 spiro atoms. The minimum atomic E-state index is -0.678. The topological polar surface area (TPSA) is 130 Å². The van der Waals surface area contributed by atoms with Crippen LogP contribution in [-0.4, -0.2) is 48.7 Å². The number of nitrogens with zero attached hydrogens (tertiary/aromatic N) is 2. The van der Waals surface area contributed by atoms with Crippen LogP contribution in [0, 0.1) is 0 Å². The summed E-state index contributed by atoms with van der Waals surface area (Å²) in [6.45, 7) is 3.68. The van der Waals surface area contributed by atoms with Gasteiger partial charge in [0.1, 0.15) is 5.82 Å². The average Bonchev–Trinajstić information content (AvgIpc) is 3.35. The van der Waals surface area contributed by atoms with Crippen LogP contribution in [0.15, 0.2) is 41.5 Å². The predicted octanol–water partition coefficient (Wildman–Crippen LogP) is 3.78. The number of hydrogen-bond donors (Lipinski definition) is 3. The van der Waals surface area contributed by atoms with Crippen LogP contribution in [0.2, 0.25) is 0 Å². The number of nitrogens with one attached hydrogen (secondary N) is 2. The van der Waals surface area contributed by atoms with Crippen LogP contribution >= 0.6 is 11.3 Å². The van der Waals surface area contributed by atoms with E-state index in [0.29, 0.717) is 21.5 Å². The second kappa shape index (κ2) is 8.88. The van der Waals surface area contributed by atoms with E-state index < -0.39 is 11.5 Å². The lowest BCUT2D eigenvalue weighted by atomic mass is 10.0. The number of carbonyl (C=O) groups is 3. The third kappa shape index (κ3) is 4.50. The van der Waals surface area contributed by atoms with Gasteiger partial charge in [-0.3, -0.25) is 19.4 Å². The molecule has 0 bridgehead atoms. The Morgan fingerprint density at radius 1 is 1.24 bits per heavy atom. The quantitative estimate of drug-likeness (QED) is 0.454. The van der Waals surface area contributed by atoms with E-state index >= 15 is 0 Å². The minimum absolute atomic E-state index is 0.124. The van der Waals surface area contributed by atoms with E-state index in [0.717, 1.165) is 10.5 Å². The van der Waals surface area contributed by atoms with Gasteiger partial charge in [0.25, 0.3) is 11.8 Å². The maximum Gasteiger partial charge on any atom is 0.266 e. The van der Waals surface area contributed by atoms with Crippen molar-refractivity contribution in [3.63, 3.8) is 0 Å². The molecule has 0 aliphatic carbocycles. The third-order valence-corrected chi connectivity index (χ3v) is 6.83. The molecule has 0 saturated carbocycles. The lowest BCUT2D eigenvalue weighted by Crippen LogP contribution is -2.35. The Balaban J connectivity index is 1.60. The summed E-state index contributed by atoms with van der Waals surface area (Å²) in [5.74, 6) is -0.959. The van der Waals surface area contributed by atoms with Crippen molar-refractivity contribution < 1.29 is 19.1 Å². The standard InChI is InChI=1S/C24H25N5O4S/c1-24(2,33-4)10-19(30)29(3)14-5-6-15-16(9-14)27-22(20(15)21(25)31)28-23(32)18-8-7-17(34-18)13-11-26-12-13/h5-9,11-12,27H,10H2,1-4H3,(H2,25,31)(H,28,32). The summed E-state index contributed by atoms with van der Waals surface area (Å²) in [7, 11) is 3.24. The number of H-pyrrole nitrogens is 1. The number of ether oxygens (including phenoxy) is 1. The van der Waals surface area contributed by atoms with Crippen molar-refractivity contribution in [2.24, 2.45) is 10.7 Å². The van der Waals surface area contributed by atoms with Gasteiger partial charge in [-0.1, -0.05) is 0 Å². The van der Waals surface area contributed by atoms with Crippen molar-refractivity contribution >= 4 is 63.3 Å². The lowest BCUT2D eigenvalue weighted by Gasteiger charge is -2.25. The second-order valence-corrected chi connectivity index (χ2v) is 9.63. The van der Waals surface area contributed by atoms with Crippen molar-refractivity contribution in [3.05, 3.63) is 51.8 Å². The summed E-state index contributed by atoms with van der Waals surface area (Å²) in [6, 6.07) is 8.73. The van der Waals surface area contributed by atoms with Gasteiger partial charge < -0.3 is 25.7 Å². The molecule has 0 unspecified atom stereocenters. The van der Waals surface area contributed by atoms with Crippen molar-refractivity contribution in [2.75, 3.05) is 24.4 Å². The number of methoxy groups -OCH3 is 1. The number of hydrogen-bond acceptors (Lipinski definition) is 6. The SMILES string of the molecule is COC(C)(C)CC(=O)N(C)c1ccc2c(C(N)=O)c(NC(=O)c3ccc(C4=CN=C4)s3)[nH]c2c1. The minimum Gasteiger partial charge on any atom is -0.378 e. The molecule has 10 heteroatoms. The maximum atomic E-state index is 12.8. The first-order valence-corrected chi connectivity index (χ1v) is 11.3. The molecule has 9 nitrogen and oxygen atoms in total. The van der Waals surface area contributed by atoms with E-state index in [2.05, 4.69) is 15.3 Å². The van der Waals surface area contributed by atoms with Gasteiger partial charge in [-0.05, 0) is 44.2 Å². The van der Waals surface area contributed by atoms with Gasteiger partial charge in [0.15, 0.2) is 0 Å². The molecule has 34 heavy (non-hydrogen) atoms. The number of benzene rings is 1. The number of amides is 3. The van der Waals surface area contributed by atoms with Gasteiger partial charge >= 0.3 is 0 Å². The largest absolute Gasteiger partial charge is 0.378 e. The summed E-state index contributed by atoms with van der Waals surface area (Å²) in [5, 5.41) is 3.31. The molecular formula is C24H25N5O4S. The fraction of sp³-hybridized carbons (Fsp3) is 0.250. The molecular weight excluding hydrogens is 454 g/mol. The first-order chi connectivity index (χ1) is 16.1. The number of thiophene rings is 1. The summed E-state index contributed by atoms with van der Waals surface area (Å²) in [6.07, 6.45) is 3.65. The van der Waals surface area contributed by atoms with Gasteiger partial charge in [-0.15, -0.1) is 11.3 Å². The number of allylic oxidation sites excluding steroid dienone is 1. The number of aromatic nitrogens is 1. The van der Waals surface area contributed by atoms with Crippen LogP contribution in [0.25, 0.3) is 16.5 Å².